The number of benzene rings is 1. The van der Waals surface area contributed by atoms with Crippen LogP contribution in [0.4, 0.5) is 5.82 Å². The maximum atomic E-state index is 12.6. The molecule has 0 radical (unpaired) electrons. The van der Waals surface area contributed by atoms with Crippen LogP contribution >= 0.6 is 11.6 Å². The number of halogens is 1. The van der Waals surface area contributed by atoms with E-state index in [9.17, 15) is 8.42 Å². The first kappa shape index (κ1) is 16.6. The first-order valence-electron chi connectivity index (χ1n) is 6.97. The second kappa shape index (κ2) is 6.00. The molecule has 2 aromatic heterocycles. The molecule has 0 bridgehead atoms. The molecule has 3 aromatic rings. The lowest BCUT2D eigenvalue weighted by atomic mass is 10.2. The zero-order valence-corrected chi connectivity index (χ0v) is 14.8. The van der Waals surface area contributed by atoms with Gasteiger partial charge in [-0.15, -0.1) is 4.83 Å². The minimum absolute atomic E-state index is 0.147. The number of anilines is 1. The number of hydrazine groups is 1. The summed E-state index contributed by atoms with van der Waals surface area (Å²) in [5.74, 6) is 0.319. The summed E-state index contributed by atoms with van der Waals surface area (Å²) in [5.41, 5.74) is 4.44. The molecule has 2 N–H and O–H groups in total. The molecule has 10 heteroatoms. The van der Waals surface area contributed by atoms with E-state index in [1.54, 1.807) is 37.8 Å². The van der Waals surface area contributed by atoms with Crippen LogP contribution in [0, 0.1) is 13.8 Å². The maximum absolute atomic E-state index is 12.6. The molecule has 3 rings (SSSR count). The van der Waals surface area contributed by atoms with Crippen LogP contribution in [0.2, 0.25) is 5.02 Å². The summed E-state index contributed by atoms with van der Waals surface area (Å²) in [5, 5.41) is 5.20. The Bertz CT molecular complexity index is 1030. The molecule has 0 saturated heterocycles. The monoisotopic (exact) mass is 366 g/mol. The minimum atomic E-state index is -3.80. The molecule has 0 saturated carbocycles. The highest BCUT2D eigenvalue weighted by molar-refractivity contribution is 7.89. The lowest BCUT2D eigenvalue weighted by Gasteiger charge is -2.12. The van der Waals surface area contributed by atoms with Crippen molar-refractivity contribution < 1.29 is 8.42 Å². The summed E-state index contributed by atoms with van der Waals surface area (Å²) < 4.78 is 26.7. The van der Waals surface area contributed by atoms with E-state index in [1.165, 1.54) is 12.4 Å². The number of aryl methyl sites for hydroxylation is 3. The Morgan fingerprint density at radius 1 is 1.17 bits per heavy atom. The van der Waals surface area contributed by atoms with Crippen molar-refractivity contribution >= 4 is 38.5 Å². The summed E-state index contributed by atoms with van der Waals surface area (Å²) in [6, 6.07) is 3.15. The van der Waals surface area contributed by atoms with E-state index in [2.05, 4.69) is 25.3 Å². The van der Waals surface area contributed by atoms with Crippen molar-refractivity contribution in [2.45, 2.75) is 18.7 Å². The van der Waals surface area contributed by atoms with Crippen LogP contribution in [0.15, 0.2) is 29.6 Å². The van der Waals surface area contributed by atoms with Gasteiger partial charge in [0.15, 0.2) is 11.5 Å². The van der Waals surface area contributed by atoms with Crippen LogP contribution in [-0.2, 0) is 17.1 Å². The third-order valence-electron chi connectivity index (χ3n) is 3.58. The van der Waals surface area contributed by atoms with Gasteiger partial charge in [-0.3, -0.25) is 10.1 Å². The van der Waals surface area contributed by atoms with Crippen LogP contribution in [0.3, 0.4) is 0 Å². The van der Waals surface area contributed by atoms with E-state index in [0.29, 0.717) is 33.0 Å². The van der Waals surface area contributed by atoms with Crippen molar-refractivity contribution in [1.29, 1.82) is 0 Å². The standard InChI is InChI=1S/C14H15ClN6O2S/c1-8-5-12(9(2)4-11(8)15)24(22,23)20-19-13-10-6-18-21(3)14(10)17-7-16-13/h4-7,20H,1-3H3,(H,16,17,19). The average molecular weight is 367 g/mol. The molecular weight excluding hydrogens is 352 g/mol. The Hall–Kier alpha value is -2.23. The first-order chi connectivity index (χ1) is 11.3. The van der Waals surface area contributed by atoms with Crippen LogP contribution in [0.1, 0.15) is 11.1 Å². The SMILES string of the molecule is Cc1cc(S(=O)(=O)NNc2ncnc3c2cnn3C)c(C)cc1Cl. The number of fused-ring (bicyclic) bond motifs is 1. The van der Waals surface area contributed by atoms with Crippen molar-refractivity contribution in [2.75, 3.05) is 5.43 Å². The maximum Gasteiger partial charge on any atom is 0.257 e. The van der Waals surface area contributed by atoms with E-state index in [4.69, 9.17) is 11.6 Å². The molecule has 0 spiro atoms. The summed E-state index contributed by atoms with van der Waals surface area (Å²) >= 11 is 6.02. The summed E-state index contributed by atoms with van der Waals surface area (Å²) in [4.78, 5) is 10.6. The zero-order valence-electron chi connectivity index (χ0n) is 13.2. The van der Waals surface area contributed by atoms with Crippen molar-refractivity contribution in [3.63, 3.8) is 0 Å². The van der Waals surface area contributed by atoms with Gasteiger partial charge < -0.3 is 0 Å². The zero-order chi connectivity index (χ0) is 17.5. The van der Waals surface area contributed by atoms with Gasteiger partial charge in [0.05, 0.1) is 16.5 Å². The summed E-state index contributed by atoms with van der Waals surface area (Å²) in [6.45, 7) is 3.43. The molecule has 0 atom stereocenters. The van der Waals surface area contributed by atoms with Crippen LogP contribution in [-0.4, -0.2) is 28.2 Å². The van der Waals surface area contributed by atoms with Crippen LogP contribution in [0.25, 0.3) is 11.0 Å². The predicted octanol–water partition coefficient (Wildman–Crippen LogP) is 1.94. The number of sulfonamides is 1. The normalized spacial score (nSPS) is 11.8. The second-order valence-corrected chi connectivity index (χ2v) is 7.38. The summed E-state index contributed by atoms with van der Waals surface area (Å²) in [7, 11) is -2.06. The molecule has 0 aliphatic rings. The van der Waals surface area contributed by atoms with Gasteiger partial charge in [0.1, 0.15) is 6.33 Å². The van der Waals surface area contributed by atoms with Gasteiger partial charge in [0.2, 0.25) is 0 Å². The lowest BCUT2D eigenvalue weighted by molar-refractivity contribution is 0.587. The third-order valence-corrected chi connectivity index (χ3v) is 5.38. The van der Waals surface area contributed by atoms with Gasteiger partial charge in [-0.2, -0.15) is 5.10 Å². The minimum Gasteiger partial charge on any atom is -0.291 e. The Kier molecular flexibility index (Phi) is 4.16. The van der Waals surface area contributed by atoms with Crippen molar-refractivity contribution in [3.8, 4) is 0 Å². The van der Waals surface area contributed by atoms with Crippen LogP contribution < -0.4 is 10.3 Å². The fourth-order valence-corrected chi connectivity index (χ4v) is 3.65. The molecule has 0 aliphatic carbocycles. The highest BCUT2D eigenvalue weighted by atomic mass is 35.5. The van der Waals surface area contributed by atoms with Gasteiger partial charge in [0, 0.05) is 12.1 Å². The Morgan fingerprint density at radius 3 is 2.67 bits per heavy atom. The third kappa shape index (κ3) is 2.93. The number of hydrogen-bond acceptors (Lipinski definition) is 6. The second-order valence-electron chi connectivity index (χ2n) is 5.33. The van der Waals surface area contributed by atoms with Gasteiger partial charge >= 0.3 is 0 Å². The van der Waals surface area contributed by atoms with E-state index < -0.39 is 10.0 Å². The van der Waals surface area contributed by atoms with E-state index in [1.807, 2.05) is 0 Å². The molecule has 24 heavy (non-hydrogen) atoms. The molecule has 2 heterocycles. The number of hydrogen-bond donors (Lipinski definition) is 2. The molecule has 0 amide bonds. The van der Waals surface area contributed by atoms with E-state index in [0.717, 1.165) is 0 Å². The molecule has 0 fully saturated rings. The molecule has 126 valence electrons. The fraction of sp³-hybridized carbons (Fsp3) is 0.214. The van der Waals surface area contributed by atoms with Gasteiger partial charge in [-0.1, -0.05) is 11.6 Å². The number of aromatic nitrogens is 4. The molecule has 0 aliphatic heterocycles. The smallest absolute Gasteiger partial charge is 0.257 e. The Morgan fingerprint density at radius 2 is 1.92 bits per heavy atom. The molecular formula is C14H15ClN6O2S. The van der Waals surface area contributed by atoms with Gasteiger partial charge in [-0.05, 0) is 37.1 Å². The average Bonchev–Trinajstić information content (AvgIpc) is 2.91. The largest absolute Gasteiger partial charge is 0.291 e. The first-order valence-corrected chi connectivity index (χ1v) is 8.83. The fourth-order valence-electron chi connectivity index (χ4n) is 2.28. The van der Waals surface area contributed by atoms with Gasteiger partial charge in [0.25, 0.3) is 10.0 Å². The Balaban J connectivity index is 1.92. The molecule has 0 unspecified atom stereocenters. The lowest BCUT2D eigenvalue weighted by Crippen LogP contribution is -2.30. The molecule has 8 nitrogen and oxygen atoms in total. The van der Waals surface area contributed by atoms with E-state index >= 15 is 0 Å². The highest BCUT2D eigenvalue weighted by Crippen LogP contribution is 2.24. The van der Waals surface area contributed by atoms with Crippen molar-refractivity contribution in [2.24, 2.45) is 7.05 Å². The topological polar surface area (TPSA) is 102 Å². The van der Waals surface area contributed by atoms with Crippen molar-refractivity contribution in [3.05, 3.63) is 40.8 Å². The highest BCUT2D eigenvalue weighted by Gasteiger charge is 2.19. The number of nitrogens with zero attached hydrogens (tertiary/aromatic N) is 4. The quantitative estimate of drug-likeness (QED) is 0.684. The van der Waals surface area contributed by atoms with Gasteiger partial charge in [-0.25, -0.2) is 18.4 Å². The van der Waals surface area contributed by atoms with Crippen LogP contribution in [0.5, 0.6) is 0 Å². The number of nitrogens with one attached hydrogen (secondary N) is 2. The number of rotatable bonds is 4. The summed E-state index contributed by atoms with van der Waals surface area (Å²) in [6.07, 6.45) is 2.89. The Labute approximate surface area is 143 Å². The predicted molar refractivity (Wildman–Crippen MR) is 91.2 cm³/mol. The molecule has 1 aromatic carbocycles. The van der Waals surface area contributed by atoms with Crippen molar-refractivity contribution in [1.82, 2.24) is 24.6 Å². The van der Waals surface area contributed by atoms with E-state index in [-0.39, 0.29) is 4.90 Å².